The third-order valence-corrected chi connectivity index (χ3v) is 7.15. The fourth-order valence-electron chi connectivity index (χ4n) is 3.04. The summed E-state index contributed by atoms with van der Waals surface area (Å²) in [5, 5.41) is 8.12. The summed E-state index contributed by atoms with van der Waals surface area (Å²) in [6, 6.07) is 9.92. The lowest BCUT2D eigenvalue weighted by molar-refractivity contribution is -0.114. The summed E-state index contributed by atoms with van der Waals surface area (Å²) in [5.74, 6) is -0.911. The van der Waals surface area contributed by atoms with Gasteiger partial charge in [0.25, 0.3) is 5.91 Å². The van der Waals surface area contributed by atoms with Gasteiger partial charge in [-0.1, -0.05) is 19.1 Å². The van der Waals surface area contributed by atoms with E-state index in [1.54, 1.807) is 43.3 Å². The number of esters is 1. The predicted molar refractivity (Wildman–Crippen MR) is 125 cm³/mol. The maximum atomic E-state index is 12.5. The van der Waals surface area contributed by atoms with Crippen LogP contribution in [0.25, 0.3) is 17.4 Å². The zero-order valence-corrected chi connectivity index (χ0v) is 19.2. The number of fused-ring (bicyclic) bond motifs is 1. The van der Waals surface area contributed by atoms with Crippen LogP contribution in [0.1, 0.15) is 30.0 Å². The molecule has 4 rings (SSSR count). The van der Waals surface area contributed by atoms with E-state index in [9.17, 15) is 18.0 Å². The largest absolute Gasteiger partial charge is 0.462 e. The fraction of sp³-hybridized carbons (Fsp3) is 0.190. The summed E-state index contributed by atoms with van der Waals surface area (Å²) in [6.45, 7) is 3.48. The first kappa shape index (κ1) is 22.7. The number of benzene rings is 1. The highest BCUT2D eigenvalue weighted by atomic mass is 32.2. The molecular formula is C21H18N4O6S2. The van der Waals surface area contributed by atoms with Crippen molar-refractivity contribution in [2.45, 2.75) is 13.8 Å². The number of rotatable bonds is 5. The first-order valence-electron chi connectivity index (χ1n) is 9.84. The van der Waals surface area contributed by atoms with Gasteiger partial charge < -0.3 is 9.15 Å². The average molecular weight is 487 g/mol. The SMILES string of the molecule is CCOC(=O)c1ccc(-c2ccc(/C=C3/C(=N)N4C(=NC3=O)SN=C4S(=O)(=O)CC)o2)cc1. The van der Waals surface area contributed by atoms with Crippen molar-refractivity contribution in [3.8, 4) is 11.3 Å². The zero-order chi connectivity index (χ0) is 23.8. The Morgan fingerprint density at radius 1 is 1.21 bits per heavy atom. The lowest BCUT2D eigenvalue weighted by Crippen LogP contribution is -2.45. The van der Waals surface area contributed by atoms with Crippen molar-refractivity contribution >= 4 is 55.9 Å². The number of aliphatic imine (C=N–C) groups is 1. The van der Waals surface area contributed by atoms with Crippen molar-refractivity contribution in [2.75, 3.05) is 12.4 Å². The second-order valence-corrected chi connectivity index (χ2v) is 9.71. The van der Waals surface area contributed by atoms with Crippen LogP contribution in [0, 0.1) is 5.41 Å². The van der Waals surface area contributed by atoms with E-state index in [-0.39, 0.29) is 39.9 Å². The van der Waals surface area contributed by atoms with Crippen molar-refractivity contribution in [1.82, 2.24) is 4.90 Å². The van der Waals surface area contributed by atoms with E-state index in [0.29, 0.717) is 16.9 Å². The molecule has 1 N–H and O–H groups in total. The molecule has 1 amide bonds. The maximum Gasteiger partial charge on any atom is 0.338 e. The number of amidine groups is 3. The standard InChI is InChI=1S/C21H18N4O6S2/c1-3-30-19(27)13-7-5-12(6-8-13)16-10-9-14(31-16)11-15-17(22)25-20(23-18(15)26)32-24-21(25)33(28,29)4-2/h5-11,22H,3-4H2,1-2H3/b15-11-,22-17?. The maximum absolute atomic E-state index is 12.5. The Hall–Kier alpha value is -3.51. The van der Waals surface area contributed by atoms with E-state index in [1.807, 2.05) is 0 Å². The molecule has 2 aliphatic heterocycles. The van der Waals surface area contributed by atoms with Gasteiger partial charge in [-0.2, -0.15) is 9.39 Å². The number of ether oxygens (including phenoxy) is 1. The van der Waals surface area contributed by atoms with Crippen LogP contribution in [0.5, 0.6) is 0 Å². The fourth-order valence-corrected chi connectivity index (χ4v) is 5.00. The van der Waals surface area contributed by atoms with Gasteiger partial charge in [0, 0.05) is 5.56 Å². The lowest BCUT2D eigenvalue weighted by Gasteiger charge is -2.24. The molecule has 0 radical (unpaired) electrons. The first-order valence-corrected chi connectivity index (χ1v) is 12.3. The average Bonchev–Trinajstić information content (AvgIpc) is 3.44. The number of amides is 1. The number of hydrogen-bond acceptors (Lipinski definition) is 9. The summed E-state index contributed by atoms with van der Waals surface area (Å²) < 4.78 is 39.3. The third-order valence-electron chi connectivity index (χ3n) is 4.75. The van der Waals surface area contributed by atoms with Crippen LogP contribution in [0.4, 0.5) is 0 Å². The summed E-state index contributed by atoms with van der Waals surface area (Å²) in [4.78, 5) is 29.2. The minimum Gasteiger partial charge on any atom is -0.462 e. The zero-order valence-electron chi connectivity index (χ0n) is 17.6. The van der Waals surface area contributed by atoms with Crippen LogP contribution < -0.4 is 0 Å². The van der Waals surface area contributed by atoms with Gasteiger partial charge in [0.2, 0.25) is 20.2 Å². The highest BCUT2D eigenvalue weighted by molar-refractivity contribution is 8.16. The molecular weight excluding hydrogens is 468 g/mol. The van der Waals surface area contributed by atoms with Gasteiger partial charge in [0.05, 0.1) is 35.4 Å². The monoisotopic (exact) mass is 486 g/mol. The van der Waals surface area contributed by atoms with E-state index in [2.05, 4.69) is 9.39 Å². The minimum atomic E-state index is -3.72. The highest BCUT2D eigenvalue weighted by Gasteiger charge is 2.42. The molecule has 10 nitrogen and oxygen atoms in total. The highest BCUT2D eigenvalue weighted by Crippen LogP contribution is 2.31. The molecule has 1 aromatic carbocycles. The molecule has 0 unspecified atom stereocenters. The van der Waals surface area contributed by atoms with Crippen LogP contribution in [0.15, 0.2) is 55.8 Å². The van der Waals surface area contributed by atoms with Gasteiger partial charge in [0.1, 0.15) is 17.4 Å². The molecule has 12 heteroatoms. The Kier molecular flexibility index (Phi) is 6.04. The van der Waals surface area contributed by atoms with E-state index >= 15 is 0 Å². The molecule has 0 saturated heterocycles. The number of carbonyl (C=O) groups excluding carboxylic acids is 2. The van der Waals surface area contributed by atoms with E-state index in [1.165, 1.54) is 13.0 Å². The van der Waals surface area contributed by atoms with Crippen LogP contribution >= 0.6 is 11.9 Å². The molecule has 1 aromatic heterocycles. The number of carbonyl (C=O) groups is 2. The molecule has 170 valence electrons. The molecule has 0 fully saturated rings. The molecule has 3 heterocycles. The second kappa shape index (κ2) is 8.79. The molecule has 33 heavy (non-hydrogen) atoms. The van der Waals surface area contributed by atoms with Crippen molar-refractivity contribution in [1.29, 1.82) is 5.41 Å². The molecule has 2 aromatic rings. The quantitative estimate of drug-likeness (QED) is 0.386. The Balaban J connectivity index is 1.61. The number of furan rings is 1. The van der Waals surface area contributed by atoms with Gasteiger partial charge in [-0.25, -0.2) is 18.1 Å². The first-order chi connectivity index (χ1) is 15.7. The number of sulfone groups is 1. The summed E-state index contributed by atoms with van der Waals surface area (Å²) in [5.41, 5.74) is 0.976. The van der Waals surface area contributed by atoms with Crippen molar-refractivity contribution in [2.24, 2.45) is 9.39 Å². The Bertz CT molecular complexity index is 1350. The van der Waals surface area contributed by atoms with Gasteiger partial charge in [-0.15, -0.1) is 0 Å². The van der Waals surface area contributed by atoms with Crippen LogP contribution in [-0.4, -0.2) is 53.7 Å². The van der Waals surface area contributed by atoms with Gasteiger partial charge in [0.15, 0.2) is 0 Å². The molecule has 0 aliphatic carbocycles. The van der Waals surface area contributed by atoms with E-state index < -0.39 is 21.7 Å². The predicted octanol–water partition coefficient (Wildman–Crippen LogP) is 3.13. The summed E-state index contributed by atoms with van der Waals surface area (Å²) in [7, 11) is -3.72. The number of nitrogens with zero attached hydrogens (tertiary/aromatic N) is 3. The molecule has 0 spiro atoms. The lowest BCUT2D eigenvalue weighted by atomic mass is 10.1. The van der Waals surface area contributed by atoms with Gasteiger partial charge >= 0.3 is 5.97 Å². The van der Waals surface area contributed by atoms with Crippen LogP contribution in [-0.2, 0) is 19.4 Å². The van der Waals surface area contributed by atoms with Gasteiger partial charge in [-0.05, 0) is 37.3 Å². The van der Waals surface area contributed by atoms with E-state index in [4.69, 9.17) is 14.6 Å². The normalized spacial score (nSPS) is 17.2. The topological polar surface area (TPSA) is 142 Å². The Labute approximate surface area is 193 Å². The summed E-state index contributed by atoms with van der Waals surface area (Å²) in [6.07, 6.45) is 1.33. The molecule has 0 saturated carbocycles. The Morgan fingerprint density at radius 3 is 2.61 bits per heavy atom. The van der Waals surface area contributed by atoms with Crippen molar-refractivity contribution in [3.05, 3.63) is 53.3 Å². The second-order valence-electron chi connectivity index (χ2n) is 6.81. The summed E-state index contributed by atoms with van der Waals surface area (Å²) >= 11 is 0.739. The van der Waals surface area contributed by atoms with Crippen LogP contribution in [0.2, 0.25) is 0 Å². The van der Waals surface area contributed by atoms with Gasteiger partial charge in [-0.3, -0.25) is 10.2 Å². The minimum absolute atomic E-state index is 0.0241. The molecule has 0 atom stereocenters. The van der Waals surface area contributed by atoms with Crippen LogP contribution in [0.3, 0.4) is 0 Å². The number of nitrogens with one attached hydrogen (secondary N) is 1. The van der Waals surface area contributed by atoms with Crippen molar-refractivity contribution < 1.29 is 27.2 Å². The van der Waals surface area contributed by atoms with E-state index in [0.717, 1.165) is 16.8 Å². The van der Waals surface area contributed by atoms with Crippen molar-refractivity contribution in [3.63, 3.8) is 0 Å². The third kappa shape index (κ3) is 4.26. The number of hydrogen-bond donors (Lipinski definition) is 1. The molecule has 2 aliphatic rings. The molecule has 0 bridgehead atoms. The Morgan fingerprint density at radius 2 is 1.94 bits per heavy atom. The smallest absolute Gasteiger partial charge is 0.338 e.